The Kier molecular flexibility index (Phi) is 30.3. The molecule has 0 aromatic heterocycles. The van der Waals surface area contributed by atoms with Crippen LogP contribution in [0.1, 0.15) is 176 Å². The van der Waals surface area contributed by atoms with Gasteiger partial charge in [-0.15, -0.1) is 0 Å². The van der Waals surface area contributed by atoms with Crippen LogP contribution in [0, 0.1) is 0 Å². The largest absolute Gasteiger partial charge is 0.463 e. The first-order valence-electron chi connectivity index (χ1n) is 15.8. The molecular weight excluding hydrogens is 464 g/mol. The Morgan fingerprint density at radius 1 is 0.514 bits per heavy atom. The first kappa shape index (κ1) is 38.0. The van der Waals surface area contributed by atoms with Crippen LogP contribution in [0.2, 0.25) is 0 Å². The third kappa shape index (κ3) is 34.9. The normalized spacial score (nSPS) is 11.8. The number of aliphatic hydroxyl groups excluding tert-OH is 1. The number of hydrogen-bond donors (Lipinski definition) is 1. The lowest BCUT2D eigenvalue weighted by molar-refractivity contribution is -0.149. The van der Waals surface area contributed by atoms with Crippen LogP contribution in [0.4, 0.5) is 0 Å². The Hall–Kier alpha value is -1.10. The van der Waals surface area contributed by atoms with Crippen LogP contribution >= 0.6 is 0 Å². The summed E-state index contributed by atoms with van der Waals surface area (Å²) in [6, 6.07) is 0. The van der Waals surface area contributed by atoms with E-state index in [2.05, 4.69) is 13.8 Å². The van der Waals surface area contributed by atoms with Gasteiger partial charge in [0.15, 0.2) is 0 Å². The van der Waals surface area contributed by atoms with Gasteiger partial charge in [-0.3, -0.25) is 9.59 Å². The number of ether oxygens (including phenoxy) is 2. The SMILES string of the molecule is CC(C)OC(=O)CCCCC(=O)OC(C)C.CCCCCCCCCCCC(O)CCCCCCCC. The molecule has 0 amide bonds. The summed E-state index contributed by atoms with van der Waals surface area (Å²) in [5.74, 6) is -0.403. The third-order valence-electron chi connectivity index (χ3n) is 6.28. The second-order valence-electron chi connectivity index (χ2n) is 11.1. The van der Waals surface area contributed by atoms with Gasteiger partial charge >= 0.3 is 11.9 Å². The molecule has 222 valence electrons. The highest BCUT2D eigenvalue weighted by Crippen LogP contribution is 2.15. The standard InChI is InChI=1S/C20H42O.C12H22O4/c1-3-5-7-9-11-12-13-15-17-19-20(21)18-16-14-10-8-6-4-2;1-9(2)15-11(13)7-5-6-8-12(14)16-10(3)4/h20-21H,3-19H2,1-2H3;9-10H,5-8H2,1-4H3. The van der Waals surface area contributed by atoms with Crippen LogP contribution in [0.15, 0.2) is 0 Å². The topological polar surface area (TPSA) is 72.8 Å². The van der Waals surface area contributed by atoms with Crippen molar-refractivity contribution < 1.29 is 24.2 Å². The Balaban J connectivity index is 0. The van der Waals surface area contributed by atoms with E-state index in [1.165, 1.54) is 96.3 Å². The molecule has 0 rings (SSSR count). The predicted molar refractivity (Wildman–Crippen MR) is 157 cm³/mol. The van der Waals surface area contributed by atoms with Crippen LogP contribution in [0.5, 0.6) is 0 Å². The Bertz CT molecular complexity index is 466. The van der Waals surface area contributed by atoms with Crippen LogP contribution in [-0.4, -0.2) is 35.4 Å². The fourth-order valence-corrected chi connectivity index (χ4v) is 4.18. The summed E-state index contributed by atoms with van der Waals surface area (Å²) < 4.78 is 9.93. The van der Waals surface area contributed by atoms with Gasteiger partial charge < -0.3 is 14.6 Å². The average molecular weight is 529 g/mol. The highest BCUT2D eigenvalue weighted by atomic mass is 16.5. The Morgan fingerprint density at radius 2 is 0.811 bits per heavy atom. The lowest BCUT2D eigenvalue weighted by Gasteiger charge is -2.10. The van der Waals surface area contributed by atoms with Crippen LogP contribution < -0.4 is 0 Å². The maximum Gasteiger partial charge on any atom is 0.306 e. The zero-order valence-electron chi connectivity index (χ0n) is 25.7. The summed E-state index contributed by atoms with van der Waals surface area (Å²) in [4.78, 5) is 22.3. The molecule has 0 aliphatic heterocycles. The second kappa shape index (κ2) is 29.5. The van der Waals surface area contributed by atoms with Crippen LogP contribution in [-0.2, 0) is 19.1 Å². The lowest BCUT2D eigenvalue weighted by atomic mass is 10.0. The molecule has 5 nitrogen and oxygen atoms in total. The van der Waals surface area contributed by atoms with Crippen molar-refractivity contribution in [2.45, 2.75) is 195 Å². The first-order chi connectivity index (χ1) is 17.7. The van der Waals surface area contributed by atoms with Gasteiger partial charge in [0.2, 0.25) is 0 Å². The lowest BCUT2D eigenvalue weighted by Crippen LogP contribution is -2.12. The summed E-state index contributed by atoms with van der Waals surface area (Å²) in [6.45, 7) is 11.8. The minimum Gasteiger partial charge on any atom is -0.463 e. The van der Waals surface area contributed by atoms with E-state index >= 15 is 0 Å². The van der Waals surface area contributed by atoms with E-state index in [9.17, 15) is 14.7 Å². The van der Waals surface area contributed by atoms with E-state index in [1.54, 1.807) is 0 Å². The first-order valence-corrected chi connectivity index (χ1v) is 15.8. The molecule has 5 heteroatoms. The average Bonchev–Trinajstić information content (AvgIpc) is 2.82. The van der Waals surface area contributed by atoms with E-state index in [4.69, 9.17) is 9.47 Å². The van der Waals surface area contributed by atoms with Crippen LogP contribution in [0.25, 0.3) is 0 Å². The fourth-order valence-electron chi connectivity index (χ4n) is 4.18. The van der Waals surface area contributed by atoms with Gasteiger partial charge in [-0.1, -0.05) is 110 Å². The zero-order valence-corrected chi connectivity index (χ0v) is 25.7. The summed E-state index contributed by atoms with van der Waals surface area (Å²) in [6.07, 6.45) is 24.3. The molecule has 0 bridgehead atoms. The van der Waals surface area contributed by atoms with E-state index in [0.717, 1.165) is 12.8 Å². The molecule has 0 radical (unpaired) electrons. The minimum atomic E-state index is -0.202. The van der Waals surface area contributed by atoms with Gasteiger partial charge in [0.1, 0.15) is 0 Å². The molecule has 0 aromatic rings. The van der Waals surface area contributed by atoms with Crippen molar-refractivity contribution >= 4 is 11.9 Å². The van der Waals surface area contributed by atoms with Crippen molar-refractivity contribution in [3.8, 4) is 0 Å². The number of rotatable bonds is 24. The Morgan fingerprint density at radius 3 is 1.11 bits per heavy atom. The Labute approximate surface area is 230 Å². The predicted octanol–water partition coefficient (Wildman–Crippen LogP) is 9.47. The molecule has 0 aliphatic carbocycles. The number of aliphatic hydroxyl groups is 1. The maximum absolute atomic E-state index is 11.1. The minimum absolute atomic E-state index is 0.0271. The molecular formula is C32H64O5. The molecule has 37 heavy (non-hydrogen) atoms. The molecule has 0 fully saturated rings. The van der Waals surface area contributed by atoms with Crippen molar-refractivity contribution in [2.24, 2.45) is 0 Å². The quantitative estimate of drug-likeness (QED) is 0.0997. The molecule has 1 unspecified atom stereocenters. The fraction of sp³-hybridized carbons (Fsp3) is 0.938. The van der Waals surface area contributed by atoms with E-state index in [0.29, 0.717) is 25.7 Å². The van der Waals surface area contributed by atoms with Crippen LogP contribution in [0.3, 0.4) is 0 Å². The molecule has 0 heterocycles. The smallest absolute Gasteiger partial charge is 0.306 e. The van der Waals surface area contributed by atoms with Gasteiger partial charge in [0.05, 0.1) is 18.3 Å². The van der Waals surface area contributed by atoms with Crippen molar-refractivity contribution in [3.63, 3.8) is 0 Å². The summed E-state index contributed by atoms with van der Waals surface area (Å²) in [5, 5.41) is 9.95. The number of carbonyl (C=O) groups excluding carboxylic acids is 2. The van der Waals surface area contributed by atoms with E-state index in [-0.39, 0.29) is 30.3 Å². The van der Waals surface area contributed by atoms with E-state index in [1.807, 2.05) is 27.7 Å². The van der Waals surface area contributed by atoms with Gasteiger partial charge in [-0.2, -0.15) is 0 Å². The number of unbranched alkanes of at least 4 members (excludes halogenated alkanes) is 14. The molecule has 0 aliphatic rings. The van der Waals surface area contributed by atoms with E-state index < -0.39 is 0 Å². The maximum atomic E-state index is 11.1. The molecule has 0 saturated heterocycles. The summed E-state index contributed by atoms with van der Waals surface area (Å²) in [7, 11) is 0. The molecule has 1 atom stereocenters. The third-order valence-corrected chi connectivity index (χ3v) is 6.28. The number of carbonyl (C=O) groups is 2. The molecule has 0 saturated carbocycles. The highest BCUT2D eigenvalue weighted by Gasteiger charge is 2.08. The van der Waals surface area contributed by atoms with Crippen molar-refractivity contribution in [1.82, 2.24) is 0 Å². The molecule has 1 N–H and O–H groups in total. The van der Waals surface area contributed by atoms with Gasteiger partial charge in [-0.25, -0.2) is 0 Å². The number of esters is 2. The van der Waals surface area contributed by atoms with Gasteiger partial charge in [-0.05, 0) is 53.4 Å². The molecule has 0 aromatic carbocycles. The summed E-state index contributed by atoms with van der Waals surface area (Å²) >= 11 is 0. The van der Waals surface area contributed by atoms with Crippen molar-refractivity contribution in [3.05, 3.63) is 0 Å². The molecule has 0 spiro atoms. The number of hydrogen-bond acceptors (Lipinski definition) is 5. The van der Waals surface area contributed by atoms with Gasteiger partial charge in [0, 0.05) is 12.8 Å². The highest BCUT2D eigenvalue weighted by molar-refractivity contribution is 5.70. The van der Waals surface area contributed by atoms with Crippen molar-refractivity contribution in [2.75, 3.05) is 0 Å². The summed E-state index contributed by atoms with van der Waals surface area (Å²) in [5.41, 5.74) is 0. The zero-order chi connectivity index (χ0) is 28.2. The van der Waals surface area contributed by atoms with Gasteiger partial charge in [0.25, 0.3) is 0 Å². The second-order valence-corrected chi connectivity index (χ2v) is 11.1. The monoisotopic (exact) mass is 528 g/mol. The van der Waals surface area contributed by atoms with Crippen molar-refractivity contribution in [1.29, 1.82) is 0 Å².